The number of allylic oxidation sites excluding steroid dienone is 13. The number of nitrogens with one attached hydrogen (secondary N) is 1. The van der Waals surface area contributed by atoms with Crippen molar-refractivity contribution in [2.75, 3.05) is 13.2 Å². The highest BCUT2D eigenvalue weighted by molar-refractivity contribution is 5.80. The van der Waals surface area contributed by atoms with E-state index in [2.05, 4.69) is 99.0 Å². The van der Waals surface area contributed by atoms with E-state index >= 15 is 0 Å². The highest BCUT2D eigenvalue weighted by Crippen LogP contribution is 2.26. The minimum absolute atomic E-state index is 0.0805. The van der Waals surface area contributed by atoms with Crippen LogP contribution >= 0.6 is 0 Å². The van der Waals surface area contributed by atoms with Crippen molar-refractivity contribution in [3.05, 3.63) is 85.1 Å². The van der Waals surface area contributed by atoms with Crippen LogP contribution in [0.4, 0.5) is 0 Å². The lowest BCUT2D eigenvalue weighted by atomic mass is 9.99. The monoisotopic (exact) mass is 1050 g/mol. The van der Waals surface area contributed by atoms with E-state index in [1.54, 1.807) is 6.08 Å². The summed E-state index contributed by atoms with van der Waals surface area (Å²) in [5, 5.41) is 56.9. The zero-order chi connectivity index (χ0) is 54.7. The van der Waals surface area contributed by atoms with Gasteiger partial charge in [0.2, 0.25) is 5.91 Å². The second kappa shape index (κ2) is 51.6. The van der Waals surface area contributed by atoms with E-state index in [9.17, 15) is 35.1 Å². The van der Waals surface area contributed by atoms with Gasteiger partial charge in [0.1, 0.15) is 24.4 Å². The van der Waals surface area contributed by atoms with Gasteiger partial charge in [-0.15, -0.1) is 0 Å². The molecule has 0 radical (unpaired) electrons. The molecule has 11 nitrogen and oxygen atoms in total. The SMILES string of the molecule is CC/C=C\C/C=C\C/C=C\C/C=C\C/C=C\CCCCCC(=O)OC1C(OCC(NC(=O)C(O)CCCCCCCC/C=C/CCCCCCCC)C(O)/C=C/CCCCCCCCCCC)OC(CO)C(O)C1O. The highest BCUT2D eigenvalue weighted by Gasteiger charge is 2.47. The van der Waals surface area contributed by atoms with Gasteiger partial charge >= 0.3 is 5.97 Å². The summed E-state index contributed by atoms with van der Waals surface area (Å²) in [5.41, 5.74) is 0. The number of hydrogen-bond donors (Lipinski definition) is 6. The van der Waals surface area contributed by atoms with Crippen LogP contribution in [-0.4, -0.2) is 99.6 Å². The molecule has 1 fully saturated rings. The number of carbonyl (C=O) groups excluding carboxylic acids is 2. The highest BCUT2D eigenvalue weighted by atomic mass is 16.7. The summed E-state index contributed by atoms with van der Waals surface area (Å²) in [7, 11) is 0. The van der Waals surface area contributed by atoms with Crippen LogP contribution in [0.1, 0.15) is 245 Å². The molecule has 6 N–H and O–H groups in total. The van der Waals surface area contributed by atoms with Gasteiger partial charge in [0.15, 0.2) is 12.4 Å². The lowest BCUT2D eigenvalue weighted by Gasteiger charge is -2.41. The average molecular weight is 1050 g/mol. The fourth-order valence-electron chi connectivity index (χ4n) is 8.97. The summed E-state index contributed by atoms with van der Waals surface area (Å²) in [5.74, 6) is -1.24. The molecule has 11 heteroatoms. The number of hydrogen-bond acceptors (Lipinski definition) is 10. The fourth-order valence-corrected chi connectivity index (χ4v) is 8.97. The molecule has 0 aromatic rings. The summed E-state index contributed by atoms with van der Waals surface area (Å²) in [6.07, 6.45) is 56.2. The third-order valence-electron chi connectivity index (χ3n) is 13.8. The molecule has 0 aromatic carbocycles. The second-order valence-electron chi connectivity index (χ2n) is 20.7. The van der Waals surface area contributed by atoms with Gasteiger partial charge in [0, 0.05) is 6.42 Å². The van der Waals surface area contributed by atoms with Crippen LogP contribution in [0, 0.1) is 0 Å². The summed E-state index contributed by atoms with van der Waals surface area (Å²) in [6, 6.07) is -1.04. The first-order valence-corrected chi connectivity index (χ1v) is 30.4. The number of carbonyl (C=O) groups is 2. The molecule has 75 heavy (non-hydrogen) atoms. The number of rotatable bonds is 50. The van der Waals surface area contributed by atoms with Gasteiger partial charge in [-0.05, 0) is 96.3 Å². The zero-order valence-electron chi connectivity index (χ0n) is 47.6. The predicted molar refractivity (Wildman–Crippen MR) is 310 cm³/mol. The van der Waals surface area contributed by atoms with Crippen molar-refractivity contribution in [3.8, 4) is 0 Å². The average Bonchev–Trinajstić information content (AvgIpc) is 3.41. The molecular formula is C64H111NO10. The van der Waals surface area contributed by atoms with Crippen molar-refractivity contribution in [1.29, 1.82) is 0 Å². The number of aliphatic hydroxyl groups is 5. The fraction of sp³-hybridized carbons (Fsp3) is 0.750. The summed E-state index contributed by atoms with van der Waals surface area (Å²) >= 11 is 0. The Labute approximate surface area is 457 Å². The normalized spacial score (nSPS) is 19.8. The Balaban J connectivity index is 2.71. The van der Waals surface area contributed by atoms with Crippen molar-refractivity contribution in [2.24, 2.45) is 0 Å². The van der Waals surface area contributed by atoms with E-state index in [-0.39, 0.29) is 19.4 Å². The number of aliphatic hydroxyl groups excluding tert-OH is 5. The van der Waals surface area contributed by atoms with Crippen LogP contribution in [-0.2, 0) is 23.8 Å². The largest absolute Gasteiger partial charge is 0.454 e. The van der Waals surface area contributed by atoms with Gasteiger partial charge in [0.25, 0.3) is 0 Å². The van der Waals surface area contributed by atoms with Crippen molar-refractivity contribution in [1.82, 2.24) is 5.32 Å². The van der Waals surface area contributed by atoms with Crippen LogP contribution in [0.5, 0.6) is 0 Å². The summed E-state index contributed by atoms with van der Waals surface area (Å²) < 4.78 is 17.6. The van der Waals surface area contributed by atoms with Gasteiger partial charge in [0.05, 0.1) is 25.4 Å². The van der Waals surface area contributed by atoms with Gasteiger partial charge < -0.3 is 45.1 Å². The molecule has 0 aromatic heterocycles. The van der Waals surface area contributed by atoms with Crippen LogP contribution in [0.3, 0.4) is 0 Å². The number of unbranched alkanes of at least 4 members (excludes halogenated alkanes) is 24. The maximum absolute atomic E-state index is 13.4. The van der Waals surface area contributed by atoms with E-state index in [1.807, 2.05) is 6.08 Å². The van der Waals surface area contributed by atoms with E-state index < -0.39 is 67.4 Å². The van der Waals surface area contributed by atoms with Crippen LogP contribution in [0.25, 0.3) is 0 Å². The van der Waals surface area contributed by atoms with E-state index in [1.165, 1.54) is 89.9 Å². The van der Waals surface area contributed by atoms with Gasteiger partial charge in [-0.25, -0.2) is 0 Å². The van der Waals surface area contributed by atoms with Crippen LogP contribution < -0.4 is 5.32 Å². The zero-order valence-corrected chi connectivity index (χ0v) is 47.6. The van der Waals surface area contributed by atoms with Gasteiger partial charge in [-0.1, -0.05) is 228 Å². The lowest BCUT2D eigenvalue weighted by molar-refractivity contribution is -0.305. The third-order valence-corrected chi connectivity index (χ3v) is 13.8. The molecule has 0 bridgehead atoms. The number of ether oxygens (including phenoxy) is 3. The maximum atomic E-state index is 13.4. The molecule has 1 aliphatic rings. The van der Waals surface area contributed by atoms with Crippen molar-refractivity contribution >= 4 is 11.9 Å². The van der Waals surface area contributed by atoms with E-state index in [0.29, 0.717) is 12.8 Å². The second-order valence-corrected chi connectivity index (χ2v) is 20.7. The Bertz CT molecular complexity index is 1540. The minimum Gasteiger partial charge on any atom is -0.454 e. The summed E-state index contributed by atoms with van der Waals surface area (Å²) in [4.78, 5) is 26.5. The molecule has 0 spiro atoms. The molecule has 1 amide bonds. The molecule has 1 heterocycles. The topological polar surface area (TPSA) is 175 Å². The molecule has 8 unspecified atom stereocenters. The summed E-state index contributed by atoms with van der Waals surface area (Å²) in [6.45, 7) is 5.63. The maximum Gasteiger partial charge on any atom is 0.306 e. The molecule has 1 aliphatic heterocycles. The van der Waals surface area contributed by atoms with Crippen molar-refractivity contribution < 1.29 is 49.3 Å². The molecular weight excluding hydrogens is 943 g/mol. The van der Waals surface area contributed by atoms with Crippen molar-refractivity contribution in [2.45, 2.75) is 294 Å². The van der Waals surface area contributed by atoms with E-state index in [0.717, 1.165) is 109 Å². The Hall–Kier alpha value is -3.16. The van der Waals surface area contributed by atoms with Crippen molar-refractivity contribution in [3.63, 3.8) is 0 Å². The molecule has 432 valence electrons. The van der Waals surface area contributed by atoms with Gasteiger partial charge in [-0.2, -0.15) is 0 Å². The first-order chi connectivity index (χ1) is 36.7. The quantitative estimate of drug-likeness (QED) is 0.0195. The predicted octanol–water partition coefficient (Wildman–Crippen LogP) is 14.2. The van der Waals surface area contributed by atoms with Crippen LogP contribution in [0.15, 0.2) is 85.1 Å². The minimum atomic E-state index is -1.63. The Morgan fingerprint density at radius 2 is 0.960 bits per heavy atom. The number of amides is 1. The standard InChI is InChI=1S/C64H111NO10/c1-4-7-10-13-16-19-22-24-26-28-29-30-32-34-37-40-43-46-49-52-59(69)75-62-61(71)60(70)58(53-66)74-64(62)73-54-55(56(67)50-47-44-41-38-35-21-18-15-12-9-6-3)65-63(72)57(68)51-48-45-42-39-36-33-31-27-25-23-20-17-14-11-8-5-2/h7,10,16,19,24-27,29-30,34,37,47,50,55-58,60-62,64,66-68,70-71H,4-6,8-9,11-15,17-18,20-23,28,31-33,35-36,38-46,48-49,51-54H2,1-3H3,(H,65,72)/b10-7-,19-16-,26-24-,27-25+,30-29-,37-34-,50-47+. The first kappa shape index (κ1) is 69.9. The molecule has 8 atom stereocenters. The van der Waals surface area contributed by atoms with E-state index in [4.69, 9.17) is 14.2 Å². The van der Waals surface area contributed by atoms with Crippen LogP contribution in [0.2, 0.25) is 0 Å². The smallest absolute Gasteiger partial charge is 0.306 e. The lowest BCUT2D eigenvalue weighted by Crippen LogP contribution is -2.61. The van der Waals surface area contributed by atoms with Gasteiger partial charge in [-0.3, -0.25) is 9.59 Å². The molecule has 0 saturated carbocycles. The number of esters is 1. The molecule has 1 saturated heterocycles. The Kier molecular flexibility index (Phi) is 48.0. The third kappa shape index (κ3) is 39.8. The molecule has 1 rings (SSSR count). The molecule has 0 aliphatic carbocycles. The Morgan fingerprint density at radius 3 is 1.45 bits per heavy atom. The first-order valence-electron chi connectivity index (χ1n) is 30.4. The Morgan fingerprint density at radius 1 is 0.533 bits per heavy atom.